The van der Waals surface area contributed by atoms with Crippen LogP contribution in [-0.2, 0) is 4.79 Å². The second-order valence-electron chi connectivity index (χ2n) is 4.65. The average Bonchev–Trinajstić information content (AvgIpc) is 2.78. The summed E-state index contributed by atoms with van der Waals surface area (Å²) in [5.41, 5.74) is 1.93. The van der Waals surface area contributed by atoms with Gasteiger partial charge in [0.1, 0.15) is 0 Å². The van der Waals surface area contributed by atoms with Gasteiger partial charge < -0.3 is 9.51 Å². The van der Waals surface area contributed by atoms with Crippen LogP contribution in [0.15, 0.2) is 36.7 Å². The zero-order valence-electron chi connectivity index (χ0n) is 10.7. The number of carboxylic acids is 1. The fourth-order valence-corrected chi connectivity index (χ4v) is 2.38. The summed E-state index contributed by atoms with van der Waals surface area (Å²) in [6.07, 6.45) is 7.78. The van der Waals surface area contributed by atoms with Crippen LogP contribution in [0.25, 0.3) is 5.52 Å². The highest BCUT2D eigenvalue weighted by Gasteiger charge is 2.21. The van der Waals surface area contributed by atoms with Crippen molar-refractivity contribution in [3.05, 3.63) is 42.2 Å². The van der Waals surface area contributed by atoms with Gasteiger partial charge in [-0.3, -0.25) is 4.79 Å². The quantitative estimate of drug-likeness (QED) is 0.789. The number of aromatic nitrogens is 1. The van der Waals surface area contributed by atoms with Crippen LogP contribution < -0.4 is 0 Å². The number of rotatable bonds is 6. The number of pyridine rings is 1. The number of aliphatic carboxylic acids is 1. The van der Waals surface area contributed by atoms with Crippen molar-refractivity contribution in [3.63, 3.8) is 0 Å². The van der Waals surface area contributed by atoms with Crippen molar-refractivity contribution >= 4 is 11.5 Å². The van der Waals surface area contributed by atoms with Crippen LogP contribution in [0.2, 0.25) is 0 Å². The highest BCUT2D eigenvalue weighted by Crippen LogP contribution is 2.27. The van der Waals surface area contributed by atoms with Crippen LogP contribution in [-0.4, -0.2) is 15.5 Å². The third-order valence-electron chi connectivity index (χ3n) is 3.37. The summed E-state index contributed by atoms with van der Waals surface area (Å²) in [6, 6.07) is 7.80. The lowest BCUT2D eigenvalue weighted by Crippen LogP contribution is -2.11. The van der Waals surface area contributed by atoms with Crippen LogP contribution in [0.5, 0.6) is 0 Å². The number of fused-ring (bicyclic) bond motifs is 1. The Morgan fingerprint density at radius 2 is 2.11 bits per heavy atom. The van der Waals surface area contributed by atoms with Crippen LogP contribution in [0.3, 0.4) is 0 Å². The Morgan fingerprint density at radius 3 is 2.83 bits per heavy atom. The molecule has 1 atom stereocenters. The lowest BCUT2D eigenvalue weighted by Gasteiger charge is -2.11. The molecule has 0 aliphatic rings. The molecule has 0 aliphatic heterocycles. The van der Waals surface area contributed by atoms with Gasteiger partial charge in [-0.1, -0.05) is 32.3 Å². The summed E-state index contributed by atoms with van der Waals surface area (Å²) in [5, 5.41) is 9.39. The number of hydrogen-bond donors (Lipinski definition) is 1. The molecular weight excluding hydrogens is 226 g/mol. The molecule has 0 fully saturated rings. The normalized spacial score (nSPS) is 12.7. The largest absolute Gasteiger partial charge is 0.481 e. The Balaban J connectivity index is 2.27. The van der Waals surface area contributed by atoms with E-state index >= 15 is 0 Å². The highest BCUT2D eigenvalue weighted by molar-refractivity contribution is 5.80. The van der Waals surface area contributed by atoms with E-state index in [-0.39, 0.29) is 5.92 Å². The van der Waals surface area contributed by atoms with Gasteiger partial charge in [-0.2, -0.15) is 0 Å². The lowest BCUT2D eigenvalue weighted by molar-refractivity contribution is -0.139. The molecule has 1 unspecified atom stereocenters. The fraction of sp³-hybridized carbons (Fsp3) is 0.400. The van der Waals surface area contributed by atoms with E-state index in [4.69, 9.17) is 0 Å². The van der Waals surface area contributed by atoms with Gasteiger partial charge in [0.2, 0.25) is 0 Å². The molecule has 0 aliphatic carbocycles. The molecule has 0 bridgehead atoms. The zero-order chi connectivity index (χ0) is 13.0. The molecule has 1 N–H and O–H groups in total. The first-order chi connectivity index (χ1) is 8.74. The van der Waals surface area contributed by atoms with Crippen molar-refractivity contribution in [3.8, 4) is 0 Å². The van der Waals surface area contributed by atoms with E-state index < -0.39 is 5.97 Å². The number of nitrogens with zero attached hydrogens (tertiary/aromatic N) is 1. The van der Waals surface area contributed by atoms with E-state index in [1.54, 1.807) is 0 Å². The summed E-state index contributed by atoms with van der Waals surface area (Å²) in [7, 11) is 0. The third kappa shape index (κ3) is 2.55. The Labute approximate surface area is 107 Å². The van der Waals surface area contributed by atoms with Crippen molar-refractivity contribution in [2.75, 3.05) is 0 Å². The molecular formula is C15H19NO2. The molecule has 0 saturated carbocycles. The first kappa shape index (κ1) is 12.7. The summed E-state index contributed by atoms with van der Waals surface area (Å²) in [6.45, 7) is 2.13. The topological polar surface area (TPSA) is 41.7 Å². The lowest BCUT2D eigenvalue weighted by atomic mass is 9.94. The molecule has 3 nitrogen and oxygen atoms in total. The Bertz CT molecular complexity index is 530. The maximum atomic E-state index is 11.4. The van der Waals surface area contributed by atoms with Gasteiger partial charge in [-0.15, -0.1) is 0 Å². The molecule has 3 heteroatoms. The molecule has 2 heterocycles. The van der Waals surface area contributed by atoms with Gasteiger partial charge in [0, 0.05) is 17.9 Å². The van der Waals surface area contributed by atoms with Gasteiger partial charge in [-0.05, 0) is 30.2 Å². The number of carboxylic acid groups (broad SMARTS) is 1. The van der Waals surface area contributed by atoms with Gasteiger partial charge >= 0.3 is 5.97 Å². The molecule has 0 spiro atoms. The van der Waals surface area contributed by atoms with E-state index in [9.17, 15) is 9.90 Å². The maximum absolute atomic E-state index is 11.4. The van der Waals surface area contributed by atoms with Crippen molar-refractivity contribution in [2.24, 2.45) is 0 Å². The number of hydrogen-bond acceptors (Lipinski definition) is 1. The Morgan fingerprint density at radius 1 is 1.28 bits per heavy atom. The molecule has 0 radical (unpaired) electrons. The summed E-state index contributed by atoms with van der Waals surface area (Å²) < 4.78 is 1.98. The van der Waals surface area contributed by atoms with Crippen molar-refractivity contribution in [2.45, 2.75) is 38.5 Å². The molecule has 2 aromatic heterocycles. The van der Waals surface area contributed by atoms with Gasteiger partial charge in [0.05, 0.1) is 5.92 Å². The molecule has 0 amide bonds. The number of carbonyl (C=O) groups is 1. The van der Waals surface area contributed by atoms with E-state index in [1.165, 1.54) is 0 Å². The summed E-state index contributed by atoms with van der Waals surface area (Å²) in [5.74, 6) is -1.10. The van der Waals surface area contributed by atoms with Gasteiger partial charge in [0.25, 0.3) is 0 Å². The van der Waals surface area contributed by atoms with Gasteiger partial charge in [0.15, 0.2) is 0 Å². The third-order valence-corrected chi connectivity index (χ3v) is 3.37. The molecule has 2 rings (SSSR count). The average molecular weight is 245 g/mol. The Kier molecular flexibility index (Phi) is 4.03. The molecule has 2 aromatic rings. The SMILES string of the molecule is CCCCCC(C(=O)O)c1ccn2ccccc12. The van der Waals surface area contributed by atoms with Crippen LogP contribution in [0.4, 0.5) is 0 Å². The smallest absolute Gasteiger partial charge is 0.311 e. The standard InChI is InChI=1S/C15H19NO2/c1-2-3-4-7-13(15(17)18)12-9-11-16-10-6-5-8-14(12)16/h5-6,8-11,13H,2-4,7H2,1H3,(H,17,18). The zero-order valence-corrected chi connectivity index (χ0v) is 10.7. The van der Waals surface area contributed by atoms with Crippen molar-refractivity contribution in [1.82, 2.24) is 4.40 Å². The monoisotopic (exact) mass is 245 g/mol. The van der Waals surface area contributed by atoms with E-state index in [1.807, 2.05) is 41.1 Å². The van der Waals surface area contributed by atoms with Gasteiger partial charge in [-0.25, -0.2) is 0 Å². The molecule has 0 aromatic carbocycles. The molecule has 18 heavy (non-hydrogen) atoms. The van der Waals surface area contributed by atoms with E-state index in [0.717, 1.165) is 36.8 Å². The minimum Gasteiger partial charge on any atom is -0.481 e. The minimum atomic E-state index is -0.719. The summed E-state index contributed by atoms with van der Waals surface area (Å²) in [4.78, 5) is 11.4. The van der Waals surface area contributed by atoms with Crippen LogP contribution in [0, 0.1) is 0 Å². The maximum Gasteiger partial charge on any atom is 0.311 e. The molecule has 96 valence electrons. The van der Waals surface area contributed by atoms with Crippen LogP contribution >= 0.6 is 0 Å². The van der Waals surface area contributed by atoms with Crippen molar-refractivity contribution in [1.29, 1.82) is 0 Å². The second-order valence-corrected chi connectivity index (χ2v) is 4.65. The molecule has 0 saturated heterocycles. The van der Waals surface area contributed by atoms with E-state index in [0.29, 0.717) is 0 Å². The highest BCUT2D eigenvalue weighted by atomic mass is 16.4. The summed E-state index contributed by atoms with van der Waals surface area (Å²) >= 11 is 0. The Hall–Kier alpha value is -1.77. The predicted molar refractivity (Wildman–Crippen MR) is 71.9 cm³/mol. The predicted octanol–water partition coefficient (Wildman–Crippen LogP) is 3.69. The van der Waals surface area contributed by atoms with Crippen molar-refractivity contribution < 1.29 is 9.90 Å². The fourth-order valence-electron chi connectivity index (χ4n) is 2.38. The number of unbranched alkanes of at least 4 members (excludes halogenated alkanes) is 2. The first-order valence-corrected chi connectivity index (χ1v) is 6.52. The van der Waals surface area contributed by atoms with Crippen LogP contribution in [0.1, 0.15) is 44.1 Å². The first-order valence-electron chi connectivity index (χ1n) is 6.52. The van der Waals surface area contributed by atoms with E-state index in [2.05, 4.69) is 6.92 Å². The second kappa shape index (κ2) is 5.71. The minimum absolute atomic E-state index is 0.385.